The third kappa shape index (κ3) is 4.62. The Balaban J connectivity index is 1.34. The van der Waals surface area contributed by atoms with E-state index < -0.39 is 0 Å². The van der Waals surface area contributed by atoms with Gasteiger partial charge in [0.05, 0.1) is 6.54 Å². The van der Waals surface area contributed by atoms with E-state index in [0.717, 1.165) is 37.1 Å². The molecule has 2 fully saturated rings. The molecule has 0 aliphatic carbocycles. The van der Waals surface area contributed by atoms with Crippen LogP contribution in [0, 0.1) is 11.7 Å². The number of H-pyrrole nitrogens is 1. The van der Waals surface area contributed by atoms with Crippen molar-refractivity contribution in [1.82, 2.24) is 29.5 Å². The number of piperazine rings is 1. The van der Waals surface area contributed by atoms with Crippen molar-refractivity contribution in [2.75, 3.05) is 45.8 Å². The Hall–Kier alpha value is -2.52. The summed E-state index contributed by atoms with van der Waals surface area (Å²) >= 11 is 5.36. The van der Waals surface area contributed by atoms with Gasteiger partial charge in [-0.2, -0.15) is 5.10 Å². The number of carbonyl (C=O) groups excluding carboxylic acids is 2. The number of carbonyl (C=O) groups is 2. The van der Waals surface area contributed by atoms with Gasteiger partial charge in [-0.1, -0.05) is 29.8 Å². The van der Waals surface area contributed by atoms with Gasteiger partial charge >= 0.3 is 0 Å². The number of amides is 2. The predicted molar refractivity (Wildman–Crippen MR) is 116 cm³/mol. The first-order valence-corrected chi connectivity index (χ1v) is 10.9. The molecule has 2 saturated heterocycles. The number of nitrogens with one attached hydrogen (secondary N) is 1. The molecule has 2 aliphatic heterocycles. The average Bonchev–Trinajstić information content (AvgIpc) is 3.40. The zero-order chi connectivity index (χ0) is 21.1. The highest BCUT2D eigenvalue weighted by atomic mass is 32.1. The molecule has 3 heterocycles. The number of rotatable bonds is 5. The molecule has 8 nitrogen and oxygen atoms in total. The Morgan fingerprint density at radius 3 is 2.20 bits per heavy atom. The first-order chi connectivity index (χ1) is 14.5. The van der Waals surface area contributed by atoms with Gasteiger partial charge in [0.1, 0.15) is 6.54 Å². The molecule has 9 heteroatoms. The largest absolute Gasteiger partial charge is 0.342 e. The molecule has 1 aromatic heterocycles. The van der Waals surface area contributed by atoms with Crippen molar-refractivity contribution in [2.45, 2.75) is 26.3 Å². The predicted octanol–water partition coefficient (Wildman–Crippen LogP) is 1.68. The van der Waals surface area contributed by atoms with Crippen molar-refractivity contribution >= 4 is 24.0 Å². The summed E-state index contributed by atoms with van der Waals surface area (Å²) in [6.07, 6.45) is 2.21. The fourth-order valence-corrected chi connectivity index (χ4v) is 4.23. The number of nitrogens with zero attached hydrogens (tertiary/aromatic N) is 5. The van der Waals surface area contributed by atoms with Crippen molar-refractivity contribution in [2.24, 2.45) is 0 Å². The smallest absolute Gasteiger partial charge is 0.242 e. The van der Waals surface area contributed by atoms with Crippen LogP contribution >= 0.6 is 12.2 Å². The first-order valence-electron chi connectivity index (χ1n) is 10.5. The second-order valence-electron chi connectivity index (χ2n) is 8.05. The maximum absolute atomic E-state index is 12.9. The van der Waals surface area contributed by atoms with E-state index in [1.165, 1.54) is 0 Å². The van der Waals surface area contributed by atoms with E-state index in [1.807, 2.05) is 41.0 Å². The Morgan fingerprint density at radius 1 is 0.933 bits per heavy atom. The SMILES string of the molecule is Cc1ccc(-c2n[nH]c(=S)n2CC(=O)N2CCN(CC(=O)N3CCCC3)CC2)cc1. The second kappa shape index (κ2) is 9.09. The fourth-order valence-electron chi connectivity index (χ4n) is 4.04. The molecule has 0 radical (unpaired) electrons. The standard InChI is InChI=1S/C21H28N6O2S/c1-16-4-6-17(7-5-16)20-22-23-21(30)27(20)15-19(29)26-12-10-24(11-13-26)14-18(28)25-8-2-3-9-25/h4-7H,2-3,8-15H2,1H3,(H,23,30). The molecule has 160 valence electrons. The van der Waals surface area contributed by atoms with Crippen LogP contribution in [-0.2, 0) is 16.1 Å². The summed E-state index contributed by atoms with van der Waals surface area (Å²) in [5.41, 5.74) is 2.09. The number of aromatic amines is 1. The van der Waals surface area contributed by atoms with Crippen molar-refractivity contribution in [1.29, 1.82) is 0 Å². The molecular weight excluding hydrogens is 400 g/mol. The van der Waals surface area contributed by atoms with Gasteiger partial charge in [-0.3, -0.25) is 24.2 Å². The fraction of sp³-hybridized carbons (Fsp3) is 0.524. The molecule has 0 spiro atoms. The molecule has 0 saturated carbocycles. The lowest BCUT2D eigenvalue weighted by Gasteiger charge is -2.35. The summed E-state index contributed by atoms with van der Waals surface area (Å²) in [7, 11) is 0. The van der Waals surface area contributed by atoms with Crippen molar-refractivity contribution in [3.05, 3.63) is 34.6 Å². The molecule has 30 heavy (non-hydrogen) atoms. The van der Waals surface area contributed by atoms with Gasteiger partial charge in [-0.05, 0) is 32.0 Å². The number of benzene rings is 1. The normalized spacial score (nSPS) is 17.5. The van der Waals surface area contributed by atoms with Gasteiger partial charge in [0, 0.05) is 44.8 Å². The van der Waals surface area contributed by atoms with Crippen LogP contribution in [0.2, 0.25) is 0 Å². The van der Waals surface area contributed by atoms with E-state index in [1.54, 1.807) is 4.57 Å². The van der Waals surface area contributed by atoms with Crippen molar-refractivity contribution < 1.29 is 9.59 Å². The molecule has 1 N–H and O–H groups in total. The van der Waals surface area contributed by atoms with Crippen LogP contribution in [0.15, 0.2) is 24.3 Å². The number of likely N-dealkylation sites (tertiary alicyclic amines) is 1. The highest BCUT2D eigenvalue weighted by Gasteiger charge is 2.26. The summed E-state index contributed by atoms with van der Waals surface area (Å²) in [4.78, 5) is 31.2. The monoisotopic (exact) mass is 428 g/mol. The summed E-state index contributed by atoms with van der Waals surface area (Å²) in [5.74, 6) is 0.897. The lowest BCUT2D eigenvalue weighted by Crippen LogP contribution is -2.52. The molecule has 0 atom stereocenters. The van der Waals surface area contributed by atoms with Gasteiger partial charge in [0.25, 0.3) is 0 Å². The molecule has 2 aromatic rings. The number of aryl methyl sites for hydroxylation is 1. The Bertz CT molecular complexity index is 953. The lowest BCUT2D eigenvalue weighted by molar-refractivity contribution is -0.135. The van der Waals surface area contributed by atoms with E-state index in [-0.39, 0.29) is 18.4 Å². The highest BCUT2D eigenvalue weighted by Crippen LogP contribution is 2.18. The first kappa shape index (κ1) is 20.7. The van der Waals surface area contributed by atoms with Gasteiger partial charge in [-0.25, -0.2) is 0 Å². The van der Waals surface area contributed by atoms with E-state index >= 15 is 0 Å². The molecule has 2 amide bonds. The molecule has 0 bridgehead atoms. The minimum atomic E-state index is 0.0198. The number of aromatic nitrogens is 3. The van der Waals surface area contributed by atoms with Gasteiger partial charge < -0.3 is 9.80 Å². The highest BCUT2D eigenvalue weighted by molar-refractivity contribution is 7.71. The van der Waals surface area contributed by atoms with E-state index in [4.69, 9.17) is 12.2 Å². The summed E-state index contributed by atoms with van der Waals surface area (Å²) in [5, 5.41) is 7.13. The zero-order valence-electron chi connectivity index (χ0n) is 17.3. The lowest BCUT2D eigenvalue weighted by atomic mass is 10.1. The maximum Gasteiger partial charge on any atom is 0.242 e. The summed E-state index contributed by atoms with van der Waals surface area (Å²) in [6.45, 7) is 7.08. The van der Waals surface area contributed by atoms with E-state index in [0.29, 0.717) is 43.3 Å². The van der Waals surface area contributed by atoms with Crippen LogP contribution in [0.1, 0.15) is 18.4 Å². The molecule has 2 aliphatic rings. The van der Waals surface area contributed by atoms with Crippen LogP contribution in [-0.4, -0.2) is 87.1 Å². The zero-order valence-corrected chi connectivity index (χ0v) is 18.2. The third-order valence-corrected chi connectivity index (χ3v) is 6.22. The minimum absolute atomic E-state index is 0.0198. The summed E-state index contributed by atoms with van der Waals surface area (Å²) < 4.78 is 2.19. The van der Waals surface area contributed by atoms with Crippen LogP contribution in [0.3, 0.4) is 0 Å². The quantitative estimate of drug-likeness (QED) is 0.734. The van der Waals surface area contributed by atoms with E-state index in [9.17, 15) is 9.59 Å². The molecule has 0 unspecified atom stereocenters. The van der Waals surface area contributed by atoms with Crippen LogP contribution < -0.4 is 0 Å². The van der Waals surface area contributed by atoms with Crippen LogP contribution in [0.4, 0.5) is 0 Å². The van der Waals surface area contributed by atoms with Crippen molar-refractivity contribution in [3.8, 4) is 11.4 Å². The van der Waals surface area contributed by atoms with Crippen LogP contribution in [0.5, 0.6) is 0 Å². The van der Waals surface area contributed by atoms with Gasteiger partial charge in [-0.15, -0.1) is 0 Å². The molecular formula is C21H28N6O2S. The maximum atomic E-state index is 12.9. The Labute approximate surface area is 181 Å². The molecule has 4 rings (SSSR count). The topological polar surface area (TPSA) is 77.5 Å². The second-order valence-corrected chi connectivity index (χ2v) is 8.44. The molecule has 1 aromatic carbocycles. The minimum Gasteiger partial charge on any atom is -0.342 e. The number of hydrogen-bond donors (Lipinski definition) is 1. The van der Waals surface area contributed by atoms with E-state index in [2.05, 4.69) is 15.1 Å². The average molecular weight is 429 g/mol. The number of hydrogen-bond acceptors (Lipinski definition) is 5. The van der Waals surface area contributed by atoms with Crippen molar-refractivity contribution in [3.63, 3.8) is 0 Å². The van der Waals surface area contributed by atoms with Crippen LogP contribution in [0.25, 0.3) is 11.4 Å². The van der Waals surface area contributed by atoms with Gasteiger partial charge in [0.2, 0.25) is 11.8 Å². The van der Waals surface area contributed by atoms with Gasteiger partial charge in [0.15, 0.2) is 10.6 Å². The Morgan fingerprint density at radius 2 is 1.53 bits per heavy atom. The summed E-state index contributed by atoms with van der Waals surface area (Å²) in [6, 6.07) is 8.00. The third-order valence-electron chi connectivity index (χ3n) is 5.90. The Kier molecular flexibility index (Phi) is 6.29.